The molecule has 0 saturated heterocycles. The Morgan fingerprint density at radius 2 is 2.21 bits per heavy atom. The van der Waals surface area contributed by atoms with Gasteiger partial charge in [0, 0.05) is 12.5 Å². The average molecular weight is 319 g/mol. The zero-order valence-electron chi connectivity index (χ0n) is 13.1. The summed E-state index contributed by atoms with van der Waals surface area (Å²) < 4.78 is 5.48. The molecule has 24 heavy (non-hydrogen) atoms. The Morgan fingerprint density at radius 3 is 3.12 bits per heavy atom. The molecule has 0 aliphatic carbocycles. The van der Waals surface area contributed by atoms with E-state index in [0.29, 0.717) is 6.54 Å². The van der Waals surface area contributed by atoms with Gasteiger partial charge in [0.25, 0.3) is 0 Å². The highest BCUT2D eigenvalue weighted by molar-refractivity contribution is 5.91. The lowest BCUT2D eigenvalue weighted by atomic mass is 10.1. The summed E-state index contributed by atoms with van der Waals surface area (Å²) in [5.41, 5.74) is 4.06. The highest BCUT2D eigenvalue weighted by Gasteiger charge is 2.11. The van der Waals surface area contributed by atoms with Crippen molar-refractivity contribution in [2.75, 3.05) is 6.61 Å². The van der Waals surface area contributed by atoms with Crippen molar-refractivity contribution < 1.29 is 9.53 Å². The van der Waals surface area contributed by atoms with Crippen LogP contribution in [0.4, 0.5) is 0 Å². The molecule has 1 aliphatic heterocycles. The first-order chi connectivity index (χ1) is 11.8. The Labute approximate surface area is 139 Å². The number of para-hydroxylation sites is 2. The van der Waals surface area contributed by atoms with Crippen molar-refractivity contribution in [3.63, 3.8) is 0 Å². The topological polar surface area (TPSA) is 67.0 Å². The minimum Gasteiger partial charge on any atom is -0.493 e. The maximum absolute atomic E-state index is 12.0. The van der Waals surface area contributed by atoms with E-state index in [-0.39, 0.29) is 5.91 Å². The number of fused-ring (bicyclic) bond motifs is 2. The van der Waals surface area contributed by atoms with Gasteiger partial charge in [0.15, 0.2) is 0 Å². The second kappa shape index (κ2) is 6.20. The van der Waals surface area contributed by atoms with Gasteiger partial charge in [0.2, 0.25) is 5.91 Å². The molecular weight excluding hydrogens is 302 g/mol. The van der Waals surface area contributed by atoms with Crippen molar-refractivity contribution in [3.05, 3.63) is 65.5 Å². The third kappa shape index (κ3) is 3.01. The summed E-state index contributed by atoms with van der Waals surface area (Å²) in [7, 11) is 0. The molecule has 2 aromatic carbocycles. The molecule has 3 aromatic rings. The van der Waals surface area contributed by atoms with Gasteiger partial charge in [-0.3, -0.25) is 4.79 Å². The van der Waals surface area contributed by atoms with E-state index in [1.165, 1.54) is 5.56 Å². The van der Waals surface area contributed by atoms with Crippen LogP contribution in [0.25, 0.3) is 17.1 Å². The van der Waals surface area contributed by atoms with Crippen molar-refractivity contribution in [3.8, 4) is 5.75 Å². The Balaban J connectivity index is 1.37. The SMILES string of the molecule is O=C(/C=C/c1ccc2c(c1)CCO2)NCc1nc2ccccc2[nH]1. The molecule has 0 saturated carbocycles. The van der Waals surface area contributed by atoms with Gasteiger partial charge in [-0.05, 0) is 41.5 Å². The fourth-order valence-electron chi connectivity index (χ4n) is 2.80. The van der Waals surface area contributed by atoms with Crippen LogP contribution < -0.4 is 10.1 Å². The molecule has 0 bridgehead atoms. The number of imidazole rings is 1. The van der Waals surface area contributed by atoms with Gasteiger partial charge in [-0.1, -0.05) is 18.2 Å². The van der Waals surface area contributed by atoms with Gasteiger partial charge in [-0.2, -0.15) is 0 Å². The number of H-pyrrole nitrogens is 1. The number of ether oxygens (including phenoxy) is 1. The maximum atomic E-state index is 12.0. The van der Waals surface area contributed by atoms with Gasteiger partial charge in [-0.15, -0.1) is 0 Å². The third-order valence-corrected chi connectivity index (χ3v) is 4.01. The fraction of sp³-hybridized carbons (Fsp3) is 0.158. The van der Waals surface area contributed by atoms with E-state index in [1.807, 2.05) is 42.5 Å². The number of benzene rings is 2. The largest absolute Gasteiger partial charge is 0.493 e. The summed E-state index contributed by atoms with van der Waals surface area (Å²) in [4.78, 5) is 19.6. The molecule has 1 amide bonds. The molecule has 4 rings (SSSR count). The molecule has 5 nitrogen and oxygen atoms in total. The van der Waals surface area contributed by atoms with Gasteiger partial charge in [0.05, 0.1) is 24.2 Å². The first-order valence-corrected chi connectivity index (χ1v) is 7.93. The molecule has 1 aromatic heterocycles. The van der Waals surface area contributed by atoms with Gasteiger partial charge >= 0.3 is 0 Å². The zero-order valence-corrected chi connectivity index (χ0v) is 13.1. The second-order valence-corrected chi connectivity index (χ2v) is 5.72. The van der Waals surface area contributed by atoms with Crippen LogP contribution in [0.3, 0.4) is 0 Å². The van der Waals surface area contributed by atoms with Crippen LogP contribution in [0, 0.1) is 0 Å². The van der Waals surface area contributed by atoms with E-state index in [9.17, 15) is 4.79 Å². The number of rotatable bonds is 4. The monoisotopic (exact) mass is 319 g/mol. The number of aromatic nitrogens is 2. The van der Waals surface area contributed by atoms with Crippen molar-refractivity contribution in [2.24, 2.45) is 0 Å². The van der Waals surface area contributed by atoms with Crippen LogP contribution in [0.2, 0.25) is 0 Å². The number of nitrogens with one attached hydrogen (secondary N) is 2. The molecule has 0 unspecified atom stereocenters. The van der Waals surface area contributed by atoms with Crippen LogP contribution >= 0.6 is 0 Å². The lowest BCUT2D eigenvalue weighted by Crippen LogP contribution is -2.20. The Kier molecular flexibility index (Phi) is 3.75. The highest BCUT2D eigenvalue weighted by Crippen LogP contribution is 2.26. The summed E-state index contributed by atoms with van der Waals surface area (Å²) in [6, 6.07) is 13.8. The molecule has 0 atom stereocenters. The van der Waals surface area contributed by atoms with Crippen molar-refractivity contribution in [1.82, 2.24) is 15.3 Å². The van der Waals surface area contributed by atoms with E-state index in [4.69, 9.17) is 4.74 Å². The lowest BCUT2D eigenvalue weighted by molar-refractivity contribution is -0.116. The van der Waals surface area contributed by atoms with Crippen LogP contribution in [-0.2, 0) is 17.8 Å². The zero-order chi connectivity index (χ0) is 16.4. The normalized spacial score (nSPS) is 13.2. The average Bonchev–Trinajstić information content (AvgIpc) is 3.23. The second-order valence-electron chi connectivity index (χ2n) is 5.72. The Bertz CT molecular complexity index is 894. The fourth-order valence-corrected chi connectivity index (χ4v) is 2.80. The van der Waals surface area contributed by atoms with Gasteiger partial charge in [-0.25, -0.2) is 4.98 Å². The molecule has 2 heterocycles. The number of carbonyl (C=O) groups excluding carboxylic acids is 1. The van der Waals surface area contributed by atoms with Crippen LogP contribution in [0.5, 0.6) is 5.75 Å². The van der Waals surface area contributed by atoms with E-state index >= 15 is 0 Å². The first kappa shape index (κ1) is 14.5. The van der Waals surface area contributed by atoms with Crippen LogP contribution in [0.15, 0.2) is 48.5 Å². The molecular formula is C19H17N3O2. The highest BCUT2D eigenvalue weighted by atomic mass is 16.5. The number of hydrogen-bond donors (Lipinski definition) is 2. The number of carbonyl (C=O) groups is 1. The number of aromatic amines is 1. The molecule has 2 N–H and O–H groups in total. The number of nitrogens with zero attached hydrogens (tertiary/aromatic N) is 1. The third-order valence-electron chi connectivity index (χ3n) is 4.01. The smallest absolute Gasteiger partial charge is 0.244 e. The van der Waals surface area contributed by atoms with Gasteiger partial charge < -0.3 is 15.0 Å². The molecule has 0 radical (unpaired) electrons. The van der Waals surface area contributed by atoms with Crippen molar-refractivity contribution >= 4 is 23.0 Å². The number of hydrogen-bond acceptors (Lipinski definition) is 3. The lowest BCUT2D eigenvalue weighted by Gasteiger charge is -2.00. The molecule has 0 spiro atoms. The standard InChI is InChI=1S/C19H17N3O2/c23-19(8-6-13-5-7-17-14(11-13)9-10-24-17)20-12-18-21-15-3-1-2-4-16(15)22-18/h1-8,11H,9-10,12H2,(H,20,23)(H,21,22)/b8-6+. The molecule has 120 valence electrons. The maximum Gasteiger partial charge on any atom is 0.244 e. The predicted molar refractivity (Wildman–Crippen MR) is 92.6 cm³/mol. The summed E-state index contributed by atoms with van der Waals surface area (Å²) in [5.74, 6) is 1.54. The summed E-state index contributed by atoms with van der Waals surface area (Å²) in [6.07, 6.45) is 4.28. The summed E-state index contributed by atoms with van der Waals surface area (Å²) in [5, 5.41) is 2.84. The minimum absolute atomic E-state index is 0.146. The summed E-state index contributed by atoms with van der Waals surface area (Å²) in [6.45, 7) is 1.11. The van der Waals surface area contributed by atoms with E-state index in [2.05, 4.69) is 21.4 Å². The predicted octanol–water partition coefficient (Wildman–Crippen LogP) is 2.83. The van der Waals surface area contributed by atoms with E-state index in [1.54, 1.807) is 6.08 Å². The number of amides is 1. The van der Waals surface area contributed by atoms with E-state index in [0.717, 1.165) is 41.2 Å². The summed E-state index contributed by atoms with van der Waals surface area (Å²) >= 11 is 0. The Morgan fingerprint density at radius 1 is 1.29 bits per heavy atom. The van der Waals surface area contributed by atoms with Crippen LogP contribution in [0.1, 0.15) is 17.0 Å². The first-order valence-electron chi connectivity index (χ1n) is 7.93. The van der Waals surface area contributed by atoms with Gasteiger partial charge in [0.1, 0.15) is 11.6 Å². The quantitative estimate of drug-likeness (QED) is 0.727. The molecule has 5 heteroatoms. The molecule has 1 aliphatic rings. The Hall–Kier alpha value is -3.08. The molecule has 0 fully saturated rings. The van der Waals surface area contributed by atoms with Crippen molar-refractivity contribution in [2.45, 2.75) is 13.0 Å². The minimum atomic E-state index is -0.146. The van der Waals surface area contributed by atoms with Crippen LogP contribution in [-0.4, -0.2) is 22.5 Å². The van der Waals surface area contributed by atoms with E-state index < -0.39 is 0 Å². The van der Waals surface area contributed by atoms with Crippen molar-refractivity contribution in [1.29, 1.82) is 0 Å².